The van der Waals surface area contributed by atoms with Crippen molar-refractivity contribution in [3.63, 3.8) is 0 Å². The van der Waals surface area contributed by atoms with Crippen molar-refractivity contribution < 1.29 is 9.53 Å². The zero-order chi connectivity index (χ0) is 18.6. The van der Waals surface area contributed by atoms with E-state index in [2.05, 4.69) is 23.3 Å². The molecule has 0 aliphatic carbocycles. The summed E-state index contributed by atoms with van der Waals surface area (Å²) >= 11 is 0. The van der Waals surface area contributed by atoms with Crippen LogP contribution in [-0.2, 0) is 16.0 Å². The normalized spacial score (nSPS) is 13.9. The first-order valence-electron chi connectivity index (χ1n) is 8.93. The van der Waals surface area contributed by atoms with Crippen LogP contribution in [-0.4, -0.2) is 18.4 Å². The summed E-state index contributed by atoms with van der Waals surface area (Å²) in [6.07, 6.45) is 0.807. The number of carbonyl (C=O) groups excluding carboxylic acids is 1. The van der Waals surface area contributed by atoms with Crippen LogP contribution < -0.4 is 5.01 Å². The number of benzene rings is 3. The van der Waals surface area contributed by atoms with E-state index in [0.29, 0.717) is 5.90 Å². The number of anilines is 1. The highest BCUT2D eigenvalue weighted by Gasteiger charge is 2.24. The Morgan fingerprint density at radius 1 is 0.926 bits per heavy atom. The first-order valence-corrected chi connectivity index (χ1v) is 8.93. The fourth-order valence-corrected chi connectivity index (χ4v) is 3.04. The molecule has 0 unspecified atom stereocenters. The number of ether oxygens (including phenoxy) is 1. The summed E-state index contributed by atoms with van der Waals surface area (Å²) in [5.41, 5.74) is 5.13. The monoisotopic (exact) mass is 356 g/mol. The van der Waals surface area contributed by atoms with Gasteiger partial charge >= 0.3 is 0 Å². The maximum Gasteiger partial charge on any atom is 0.285 e. The van der Waals surface area contributed by atoms with Gasteiger partial charge in [0.15, 0.2) is 6.61 Å². The summed E-state index contributed by atoms with van der Waals surface area (Å²) in [5.74, 6) is 0.283. The van der Waals surface area contributed by atoms with Gasteiger partial charge in [-0.2, -0.15) is 5.01 Å². The molecule has 1 aliphatic heterocycles. The van der Waals surface area contributed by atoms with Crippen LogP contribution in [0.1, 0.15) is 22.3 Å². The lowest BCUT2D eigenvalue weighted by Crippen LogP contribution is -2.36. The molecule has 1 aliphatic rings. The minimum Gasteiger partial charge on any atom is -0.466 e. The van der Waals surface area contributed by atoms with Crippen molar-refractivity contribution >= 4 is 17.5 Å². The SMILES string of the molecule is Cc1ccc(C2=NN(c3cccc(Cc4ccccc4)c3)C(=O)CO2)cc1. The second-order valence-electron chi connectivity index (χ2n) is 6.60. The molecule has 0 radical (unpaired) electrons. The largest absolute Gasteiger partial charge is 0.466 e. The predicted molar refractivity (Wildman–Crippen MR) is 107 cm³/mol. The van der Waals surface area contributed by atoms with E-state index in [1.54, 1.807) is 0 Å². The highest BCUT2D eigenvalue weighted by atomic mass is 16.5. The van der Waals surface area contributed by atoms with Crippen molar-refractivity contribution in [2.75, 3.05) is 11.6 Å². The van der Waals surface area contributed by atoms with Crippen molar-refractivity contribution in [2.24, 2.45) is 5.10 Å². The highest BCUT2D eigenvalue weighted by Crippen LogP contribution is 2.22. The minimum absolute atomic E-state index is 0.0182. The molecule has 3 aromatic carbocycles. The molecule has 0 spiro atoms. The van der Waals surface area contributed by atoms with E-state index in [0.717, 1.165) is 28.8 Å². The summed E-state index contributed by atoms with van der Waals surface area (Å²) in [6, 6.07) is 26.1. The molecule has 1 amide bonds. The molecule has 27 heavy (non-hydrogen) atoms. The van der Waals surface area contributed by atoms with E-state index in [-0.39, 0.29) is 12.5 Å². The van der Waals surface area contributed by atoms with E-state index in [1.807, 2.05) is 67.6 Å². The molecule has 4 heteroatoms. The van der Waals surface area contributed by atoms with Crippen molar-refractivity contribution in [1.82, 2.24) is 0 Å². The summed E-state index contributed by atoms with van der Waals surface area (Å²) in [4.78, 5) is 12.4. The Bertz CT molecular complexity index is 979. The van der Waals surface area contributed by atoms with Crippen LogP contribution in [0.25, 0.3) is 0 Å². The standard InChI is InChI=1S/C23H20N2O2/c1-17-10-12-20(13-11-17)23-24-25(22(26)16-27-23)21-9-5-8-19(15-21)14-18-6-3-2-4-7-18/h2-13,15H,14,16H2,1H3. The molecule has 3 aromatic rings. The molecule has 4 nitrogen and oxygen atoms in total. The van der Waals surface area contributed by atoms with Crippen molar-refractivity contribution in [3.8, 4) is 0 Å². The third kappa shape index (κ3) is 3.90. The first-order chi connectivity index (χ1) is 13.2. The molecule has 0 N–H and O–H groups in total. The van der Waals surface area contributed by atoms with E-state index >= 15 is 0 Å². The molecule has 0 bridgehead atoms. The average Bonchev–Trinajstić information content (AvgIpc) is 2.70. The molecular weight excluding hydrogens is 336 g/mol. The van der Waals surface area contributed by atoms with Crippen LogP contribution in [0.4, 0.5) is 5.69 Å². The third-order valence-electron chi connectivity index (χ3n) is 4.46. The molecule has 1 heterocycles. The first kappa shape index (κ1) is 17.0. The van der Waals surface area contributed by atoms with E-state index in [9.17, 15) is 4.79 Å². The fraction of sp³-hybridized carbons (Fsp3) is 0.130. The lowest BCUT2D eigenvalue weighted by molar-refractivity contribution is -0.121. The van der Waals surface area contributed by atoms with Crippen molar-refractivity contribution in [1.29, 1.82) is 0 Å². The quantitative estimate of drug-likeness (QED) is 0.699. The van der Waals surface area contributed by atoms with Crippen LogP contribution in [0.3, 0.4) is 0 Å². The van der Waals surface area contributed by atoms with Gasteiger partial charge in [-0.3, -0.25) is 4.79 Å². The molecule has 134 valence electrons. The zero-order valence-electron chi connectivity index (χ0n) is 15.1. The molecule has 4 rings (SSSR count). The van der Waals surface area contributed by atoms with Gasteiger partial charge in [0.2, 0.25) is 5.90 Å². The van der Waals surface area contributed by atoms with Gasteiger partial charge < -0.3 is 4.74 Å². The lowest BCUT2D eigenvalue weighted by Gasteiger charge is -2.24. The Morgan fingerprint density at radius 2 is 1.67 bits per heavy atom. The third-order valence-corrected chi connectivity index (χ3v) is 4.46. The number of aryl methyl sites for hydroxylation is 1. The van der Waals surface area contributed by atoms with E-state index in [1.165, 1.54) is 10.6 Å². The smallest absolute Gasteiger partial charge is 0.285 e. The maximum absolute atomic E-state index is 12.4. The van der Waals surface area contributed by atoms with Gasteiger partial charge in [0.1, 0.15) is 0 Å². The highest BCUT2D eigenvalue weighted by molar-refractivity contribution is 6.04. The maximum atomic E-state index is 12.4. The zero-order valence-corrected chi connectivity index (χ0v) is 15.1. The fourth-order valence-electron chi connectivity index (χ4n) is 3.04. The van der Waals surface area contributed by atoms with Crippen LogP contribution in [0, 0.1) is 6.92 Å². The Morgan fingerprint density at radius 3 is 2.44 bits per heavy atom. The predicted octanol–water partition coefficient (Wildman–Crippen LogP) is 4.31. The summed E-state index contributed by atoms with van der Waals surface area (Å²) in [6.45, 7) is 2.01. The number of rotatable bonds is 4. The molecule has 0 saturated carbocycles. The van der Waals surface area contributed by atoms with Crippen LogP contribution in [0.5, 0.6) is 0 Å². The topological polar surface area (TPSA) is 41.9 Å². The van der Waals surface area contributed by atoms with Crippen molar-refractivity contribution in [2.45, 2.75) is 13.3 Å². The van der Waals surface area contributed by atoms with Crippen LogP contribution in [0.2, 0.25) is 0 Å². The molecule has 0 saturated heterocycles. The summed E-state index contributed by atoms with van der Waals surface area (Å²) < 4.78 is 5.55. The molecule has 0 aromatic heterocycles. The summed E-state index contributed by atoms with van der Waals surface area (Å²) in [7, 11) is 0. The molecule has 0 fully saturated rings. The van der Waals surface area contributed by atoms with Gasteiger partial charge in [0.25, 0.3) is 5.91 Å². The second kappa shape index (κ2) is 7.46. The lowest BCUT2D eigenvalue weighted by atomic mass is 10.0. The van der Waals surface area contributed by atoms with E-state index in [4.69, 9.17) is 4.74 Å². The number of nitrogens with zero attached hydrogens (tertiary/aromatic N) is 2. The Hall–Kier alpha value is -3.40. The minimum atomic E-state index is -0.178. The van der Waals surface area contributed by atoms with Gasteiger partial charge in [0, 0.05) is 5.56 Å². The molecule has 0 atom stereocenters. The Balaban J connectivity index is 1.63. The van der Waals surface area contributed by atoms with Crippen LogP contribution in [0.15, 0.2) is 84.0 Å². The van der Waals surface area contributed by atoms with Gasteiger partial charge in [-0.1, -0.05) is 60.2 Å². The van der Waals surface area contributed by atoms with Gasteiger partial charge in [0.05, 0.1) is 5.69 Å². The Kier molecular flexibility index (Phi) is 4.71. The number of hydrazone groups is 1. The number of amides is 1. The number of hydrogen-bond donors (Lipinski definition) is 0. The molecular formula is C23H20N2O2. The van der Waals surface area contributed by atoms with Gasteiger partial charge in [-0.05, 0) is 48.7 Å². The van der Waals surface area contributed by atoms with Crippen molar-refractivity contribution in [3.05, 3.63) is 101 Å². The van der Waals surface area contributed by atoms with Crippen LogP contribution >= 0.6 is 0 Å². The average molecular weight is 356 g/mol. The summed E-state index contributed by atoms with van der Waals surface area (Å²) in [5, 5.41) is 5.90. The number of hydrogen-bond acceptors (Lipinski definition) is 3. The van der Waals surface area contributed by atoms with Gasteiger partial charge in [-0.25, -0.2) is 0 Å². The number of carbonyl (C=O) groups is 1. The Labute approximate surface area is 158 Å². The van der Waals surface area contributed by atoms with E-state index < -0.39 is 0 Å². The van der Waals surface area contributed by atoms with Gasteiger partial charge in [-0.15, -0.1) is 5.10 Å². The second-order valence-corrected chi connectivity index (χ2v) is 6.60.